The van der Waals surface area contributed by atoms with Crippen molar-refractivity contribution in [1.82, 2.24) is 0 Å². The van der Waals surface area contributed by atoms with E-state index < -0.39 is 8.07 Å². The summed E-state index contributed by atoms with van der Waals surface area (Å²) in [7, 11) is -0.878. The largest absolute Gasteiger partial charge is 0.0692 e. The van der Waals surface area contributed by atoms with Crippen LogP contribution in [0.2, 0.25) is 19.1 Å². The van der Waals surface area contributed by atoms with Gasteiger partial charge in [0.05, 0.1) is 8.07 Å². The molecular formula is C13H29Si. The second-order valence-electron chi connectivity index (χ2n) is 5.15. The van der Waals surface area contributed by atoms with E-state index in [2.05, 4.69) is 33.0 Å². The van der Waals surface area contributed by atoms with Gasteiger partial charge in [-0.15, -0.1) is 0 Å². The summed E-state index contributed by atoms with van der Waals surface area (Å²) in [6.45, 7) is 9.48. The Bertz CT molecular complexity index is 118. The van der Waals surface area contributed by atoms with E-state index in [1.807, 2.05) is 0 Å². The Morgan fingerprint density at radius 3 is 1.86 bits per heavy atom. The molecule has 0 unspecified atom stereocenters. The van der Waals surface area contributed by atoms with E-state index in [9.17, 15) is 0 Å². The molecule has 0 aromatic rings. The molecule has 0 fully saturated rings. The number of unbranched alkanes of at least 4 members (excludes halogenated alkanes) is 6. The zero-order valence-electron chi connectivity index (χ0n) is 10.7. The summed E-state index contributed by atoms with van der Waals surface area (Å²) in [5, 5.41) is 0. The molecule has 0 aliphatic carbocycles. The molecule has 0 aromatic carbocycles. The predicted molar refractivity (Wildman–Crippen MR) is 70.3 cm³/mol. The maximum Gasteiger partial charge on any atom is 0.0501 e. The lowest BCUT2D eigenvalue weighted by molar-refractivity contribution is 0.600. The molecule has 85 valence electrons. The van der Waals surface area contributed by atoms with Gasteiger partial charge in [0.2, 0.25) is 0 Å². The molecular weight excluding hydrogens is 184 g/mol. The molecule has 0 amide bonds. The monoisotopic (exact) mass is 213 g/mol. The van der Waals surface area contributed by atoms with Crippen molar-refractivity contribution in [3.8, 4) is 0 Å². The minimum absolute atomic E-state index is 0.878. The van der Waals surface area contributed by atoms with Crippen molar-refractivity contribution >= 4 is 8.07 Å². The smallest absolute Gasteiger partial charge is 0.0501 e. The standard InChI is InChI=1S/C13H29Si/c1-5-7-8-9-10-11-12-13-14(3,4)6-2/h6H,5,7-13H2,1-4H3. The number of hydrogen-bond donors (Lipinski definition) is 0. The zero-order chi connectivity index (χ0) is 10.9. The lowest BCUT2D eigenvalue weighted by atomic mass is 10.1. The first-order valence-corrected chi connectivity index (χ1v) is 9.71. The average Bonchev–Trinajstić information content (AvgIpc) is 2.16. The molecule has 0 bridgehead atoms. The second kappa shape index (κ2) is 8.52. The summed E-state index contributed by atoms with van der Waals surface area (Å²) in [5.74, 6) is 0. The Morgan fingerprint density at radius 2 is 1.36 bits per heavy atom. The summed E-state index contributed by atoms with van der Waals surface area (Å²) in [6.07, 6.45) is 10.1. The van der Waals surface area contributed by atoms with Crippen LogP contribution < -0.4 is 0 Å². The minimum atomic E-state index is -0.878. The van der Waals surface area contributed by atoms with Gasteiger partial charge in [0.15, 0.2) is 0 Å². The fraction of sp³-hybridized carbons (Fsp3) is 0.923. The molecule has 0 aromatic heterocycles. The second-order valence-corrected chi connectivity index (χ2v) is 10.2. The molecule has 0 spiro atoms. The molecule has 0 nitrogen and oxygen atoms in total. The summed E-state index contributed by atoms with van der Waals surface area (Å²) >= 11 is 0. The topological polar surface area (TPSA) is 0 Å². The van der Waals surface area contributed by atoms with Crippen molar-refractivity contribution < 1.29 is 0 Å². The van der Waals surface area contributed by atoms with Crippen LogP contribution in [0.5, 0.6) is 0 Å². The highest BCUT2D eigenvalue weighted by Crippen LogP contribution is 2.18. The molecule has 0 rings (SSSR count). The SMILES string of the molecule is C[CH][Si](C)(C)CCCCCCCCC. The highest BCUT2D eigenvalue weighted by atomic mass is 28.3. The van der Waals surface area contributed by atoms with E-state index in [1.165, 1.54) is 51.0 Å². The molecule has 0 atom stereocenters. The van der Waals surface area contributed by atoms with Crippen LogP contribution in [0.4, 0.5) is 0 Å². The fourth-order valence-corrected chi connectivity index (χ4v) is 3.13. The average molecular weight is 213 g/mol. The van der Waals surface area contributed by atoms with Crippen molar-refractivity contribution in [3.05, 3.63) is 6.04 Å². The molecule has 1 heteroatoms. The highest BCUT2D eigenvalue weighted by molar-refractivity contribution is 6.80. The van der Waals surface area contributed by atoms with Gasteiger partial charge in [0.1, 0.15) is 0 Å². The van der Waals surface area contributed by atoms with Gasteiger partial charge < -0.3 is 0 Å². The van der Waals surface area contributed by atoms with Gasteiger partial charge in [0.25, 0.3) is 0 Å². The first-order valence-electron chi connectivity index (χ1n) is 6.43. The lowest BCUT2D eigenvalue weighted by Crippen LogP contribution is -2.24. The van der Waals surface area contributed by atoms with E-state index in [1.54, 1.807) is 0 Å². The first kappa shape index (κ1) is 14.2. The molecule has 14 heavy (non-hydrogen) atoms. The maximum absolute atomic E-state index is 2.48. The van der Waals surface area contributed by atoms with Gasteiger partial charge in [-0.1, -0.05) is 77.9 Å². The summed E-state index contributed by atoms with van der Waals surface area (Å²) in [6, 6.07) is 3.97. The Morgan fingerprint density at radius 1 is 0.857 bits per heavy atom. The normalized spacial score (nSPS) is 12.0. The van der Waals surface area contributed by atoms with Crippen LogP contribution in [-0.4, -0.2) is 8.07 Å². The van der Waals surface area contributed by atoms with Gasteiger partial charge >= 0.3 is 0 Å². The highest BCUT2D eigenvalue weighted by Gasteiger charge is 2.16. The van der Waals surface area contributed by atoms with E-state index >= 15 is 0 Å². The molecule has 0 saturated heterocycles. The third-order valence-corrected chi connectivity index (χ3v) is 6.41. The first-order chi connectivity index (χ1) is 6.62. The Kier molecular flexibility index (Phi) is 8.65. The lowest BCUT2D eigenvalue weighted by Gasteiger charge is -2.19. The summed E-state index contributed by atoms with van der Waals surface area (Å²) in [4.78, 5) is 0. The van der Waals surface area contributed by atoms with Crippen molar-refractivity contribution in [2.24, 2.45) is 0 Å². The van der Waals surface area contributed by atoms with Gasteiger partial charge in [0, 0.05) is 0 Å². The molecule has 0 heterocycles. The molecule has 0 aliphatic heterocycles. The van der Waals surface area contributed by atoms with Gasteiger partial charge in [-0.2, -0.15) is 0 Å². The molecule has 0 saturated carbocycles. The molecule has 1 radical (unpaired) electrons. The van der Waals surface area contributed by atoms with Crippen LogP contribution in [0.3, 0.4) is 0 Å². The van der Waals surface area contributed by atoms with Crippen molar-refractivity contribution in [3.63, 3.8) is 0 Å². The third-order valence-electron chi connectivity index (χ3n) is 3.21. The number of rotatable bonds is 9. The van der Waals surface area contributed by atoms with Crippen LogP contribution in [0.1, 0.15) is 58.8 Å². The summed E-state index contributed by atoms with van der Waals surface area (Å²) in [5.41, 5.74) is 0. The quantitative estimate of drug-likeness (QED) is 0.364. The number of hydrogen-bond acceptors (Lipinski definition) is 0. The van der Waals surface area contributed by atoms with E-state index in [0.29, 0.717) is 0 Å². The fourth-order valence-electron chi connectivity index (χ4n) is 1.68. The summed E-state index contributed by atoms with van der Waals surface area (Å²) < 4.78 is 0. The minimum Gasteiger partial charge on any atom is -0.0692 e. The van der Waals surface area contributed by atoms with E-state index in [-0.39, 0.29) is 0 Å². The molecule has 0 N–H and O–H groups in total. The Hall–Kier alpha value is 0.217. The third kappa shape index (κ3) is 8.80. The molecule has 0 aliphatic rings. The van der Waals surface area contributed by atoms with E-state index in [4.69, 9.17) is 0 Å². The van der Waals surface area contributed by atoms with Crippen LogP contribution in [-0.2, 0) is 0 Å². The van der Waals surface area contributed by atoms with Gasteiger partial charge in [-0.05, 0) is 6.04 Å². The van der Waals surface area contributed by atoms with Crippen molar-refractivity contribution in [1.29, 1.82) is 0 Å². The van der Waals surface area contributed by atoms with Crippen LogP contribution >= 0.6 is 0 Å². The predicted octanol–water partition coefficient (Wildman–Crippen LogP) is 5.21. The van der Waals surface area contributed by atoms with Gasteiger partial charge in [-0.3, -0.25) is 0 Å². The van der Waals surface area contributed by atoms with Crippen LogP contribution in [0, 0.1) is 6.04 Å². The van der Waals surface area contributed by atoms with Crippen LogP contribution in [0.15, 0.2) is 0 Å². The van der Waals surface area contributed by atoms with Gasteiger partial charge in [-0.25, -0.2) is 0 Å². The van der Waals surface area contributed by atoms with Crippen molar-refractivity contribution in [2.75, 3.05) is 0 Å². The van der Waals surface area contributed by atoms with Crippen LogP contribution in [0.25, 0.3) is 0 Å². The zero-order valence-corrected chi connectivity index (χ0v) is 11.7. The maximum atomic E-state index is 2.48. The Labute approximate surface area is 92.5 Å². The Balaban J connectivity index is 3.13. The van der Waals surface area contributed by atoms with E-state index in [0.717, 1.165) is 0 Å². The van der Waals surface area contributed by atoms with Crippen molar-refractivity contribution in [2.45, 2.75) is 77.9 Å².